The molecular weight excluding hydrogens is 520 g/mol. The minimum absolute atomic E-state index is 0. The van der Waals surface area contributed by atoms with Gasteiger partial charge in [0, 0.05) is 25.2 Å². The molecule has 0 aliphatic carbocycles. The van der Waals surface area contributed by atoms with Gasteiger partial charge in [0.2, 0.25) is 0 Å². The highest BCUT2D eigenvalue weighted by molar-refractivity contribution is 14.0. The summed E-state index contributed by atoms with van der Waals surface area (Å²) >= 11 is 0. The molecule has 0 bridgehead atoms. The molecule has 2 aromatic carbocycles. The normalized spacial score (nSPS) is 11.8. The van der Waals surface area contributed by atoms with Crippen LogP contribution in [-0.2, 0) is 24.4 Å². The number of benzene rings is 2. The highest BCUT2D eigenvalue weighted by atomic mass is 127. The fourth-order valence-corrected chi connectivity index (χ4v) is 2.93. The summed E-state index contributed by atoms with van der Waals surface area (Å²) in [6.07, 6.45) is -2.52. The maximum atomic E-state index is 12.1. The second kappa shape index (κ2) is 11.8. The Morgan fingerprint density at radius 1 is 0.968 bits per heavy atom. The molecule has 9 heteroatoms. The molecule has 1 heterocycles. The number of aromatic nitrogens is 1. The predicted molar refractivity (Wildman–Crippen MR) is 126 cm³/mol. The largest absolute Gasteiger partial charge is 0.411 e. The van der Waals surface area contributed by atoms with Crippen molar-refractivity contribution in [2.75, 3.05) is 13.7 Å². The number of hydrogen-bond donors (Lipinski definition) is 2. The zero-order valence-corrected chi connectivity index (χ0v) is 19.3. The number of nitrogens with zero attached hydrogens (tertiary/aromatic N) is 2. The van der Waals surface area contributed by atoms with Gasteiger partial charge < -0.3 is 15.4 Å². The number of guanidine groups is 1. The lowest BCUT2D eigenvalue weighted by atomic mass is 10.1. The number of alkyl halides is 3. The summed E-state index contributed by atoms with van der Waals surface area (Å²) in [4.78, 5) is 8.67. The quantitative estimate of drug-likeness (QED) is 0.255. The summed E-state index contributed by atoms with van der Waals surface area (Å²) in [6, 6.07) is 17.2. The second-order valence-electron chi connectivity index (χ2n) is 6.68. The van der Waals surface area contributed by atoms with Gasteiger partial charge in [0.15, 0.2) is 5.96 Å². The average molecular weight is 544 g/mol. The average Bonchev–Trinajstić information content (AvgIpc) is 2.74. The van der Waals surface area contributed by atoms with Gasteiger partial charge in [-0.2, -0.15) is 13.2 Å². The Bertz CT molecular complexity index is 989. The molecule has 5 nitrogen and oxygen atoms in total. The Labute approximate surface area is 196 Å². The van der Waals surface area contributed by atoms with Crippen molar-refractivity contribution in [3.05, 3.63) is 77.6 Å². The van der Waals surface area contributed by atoms with E-state index in [4.69, 9.17) is 0 Å². The minimum Gasteiger partial charge on any atom is -0.367 e. The fraction of sp³-hybridized carbons (Fsp3) is 0.273. The van der Waals surface area contributed by atoms with E-state index in [2.05, 4.69) is 25.3 Å². The lowest BCUT2D eigenvalue weighted by molar-refractivity contribution is -0.176. The van der Waals surface area contributed by atoms with E-state index >= 15 is 0 Å². The Balaban J connectivity index is 0.00000341. The molecule has 0 fully saturated rings. The van der Waals surface area contributed by atoms with Crippen LogP contribution in [0.5, 0.6) is 0 Å². The van der Waals surface area contributed by atoms with Crippen molar-refractivity contribution in [2.45, 2.75) is 25.9 Å². The SMILES string of the molecule is CN=C(NCc1ccc(COCC(F)(F)F)cc1)NCc1nccc2ccccc12.I. The Hall–Kier alpha value is -2.40. The van der Waals surface area contributed by atoms with Gasteiger partial charge in [-0.05, 0) is 22.6 Å². The van der Waals surface area contributed by atoms with Crippen molar-refractivity contribution in [3.63, 3.8) is 0 Å². The minimum atomic E-state index is -4.31. The number of nitrogens with one attached hydrogen (secondary N) is 2. The topological polar surface area (TPSA) is 58.5 Å². The van der Waals surface area contributed by atoms with Crippen molar-refractivity contribution in [3.8, 4) is 0 Å². The van der Waals surface area contributed by atoms with Crippen LogP contribution >= 0.6 is 24.0 Å². The third kappa shape index (κ3) is 7.98. The summed E-state index contributed by atoms with van der Waals surface area (Å²) < 4.78 is 41.0. The molecule has 0 aliphatic heterocycles. The van der Waals surface area contributed by atoms with Gasteiger partial charge in [-0.3, -0.25) is 9.98 Å². The first-order chi connectivity index (χ1) is 14.4. The smallest absolute Gasteiger partial charge is 0.367 e. The summed E-state index contributed by atoms with van der Waals surface area (Å²) in [5.41, 5.74) is 2.59. The molecule has 1 aromatic heterocycles. The molecule has 0 saturated carbocycles. The van der Waals surface area contributed by atoms with E-state index < -0.39 is 12.8 Å². The number of aliphatic imine (C=N–C) groups is 1. The van der Waals surface area contributed by atoms with Crippen LogP contribution in [0.2, 0.25) is 0 Å². The van der Waals surface area contributed by atoms with E-state index in [-0.39, 0.29) is 30.6 Å². The van der Waals surface area contributed by atoms with Crippen molar-refractivity contribution < 1.29 is 17.9 Å². The monoisotopic (exact) mass is 544 g/mol. The van der Waals surface area contributed by atoms with Crippen molar-refractivity contribution >= 4 is 40.7 Å². The summed E-state index contributed by atoms with van der Waals surface area (Å²) in [5, 5.41) is 8.69. The number of halogens is 4. The number of hydrogen-bond acceptors (Lipinski definition) is 3. The molecule has 2 N–H and O–H groups in total. The molecule has 0 aliphatic rings. The van der Waals surface area contributed by atoms with Crippen molar-refractivity contribution in [1.29, 1.82) is 0 Å². The maximum absolute atomic E-state index is 12.1. The Morgan fingerprint density at radius 3 is 2.35 bits per heavy atom. The van der Waals surface area contributed by atoms with Crippen molar-refractivity contribution in [1.82, 2.24) is 15.6 Å². The maximum Gasteiger partial charge on any atom is 0.411 e. The van der Waals surface area contributed by atoms with E-state index in [0.29, 0.717) is 24.6 Å². The molecule has 0 radical (unpaired) electrons. The molecule has 166 valence electrons. The zero-order valence-electron chi connectivity index (χ0n) is 16.9. The lowest BCUT2D eigenvalue weighted by Crippen LogP contribution is -2.36. The molecular formula is C22H24F3IN4O. The molecule has 3 aromatic rings. The molecule has 0 atom stereocenters. The fourth-order valence-electron chi connectivity index (χ4n) is 2.93. The van der Waals surface area contributed by atoms with Gasteiger partial charge in [0.1, 0.15) is 6.61 Å². The zero-order chi connectivity index (χ0) is 21.4. The summed E-state index contributed by atoms with van der Waals surface area (Å²) in [5.74, 6) is 0.627. The molecule has 0 spiro atoms. The standard InChI is InChI=1S/C22H23F3N4O.HI/c1-26-21(29-13-20-19-5-3-2-4-18(19)10-11-27-20)28-12-16-6-8-17(9-7-16)14-30-15-22(23,24)25;/h2-11H,12-15H2,1H3,(H2,26,28,29);1H. The van der Waals surface area contributed by atoms with Crippen LogP contribution < -0.4 is 10.6 Å². The van der Waals surface area contributed by atoms with Crippen LogP contribution in [0.25, 0.3) is 10.8 Å². The second-order valence-corrected chi connectivity index (χ2v) is 6.68. The molecule has 3 rings (SSSR count). The van der Waals surface area contributed by atoms with Gasteiger partial charge in [0.05, 0.1) is 18.8 Å². The van der Waals surface area contributed by atoms with Gasteiger partial charge in [-0.1, -0.05) is 48.5 Å². The highest BCUT2D eigenvalue weighted by Crippen LogP contribution is 2.17. The molecule has 31 heavy (non-hydrogen) atoms. The number of ether oxygens (including phenoxy) is 1. The van der Waals surface area contributed by atoms with Crippen LogP contribution in [0.4, 0.5) is 13.2 Å². The first kappa shape index (κ1) is 24.9. The third-order valence-electron chi connectivity index (χ3n) is 4.42. The molecule has 0 amide bonds. The van der Waals surface area contributed by atoms with Crippen LogP contribution in [0.3, 0.4) is 0 Å². The van der Waals surface area contributed by atoms with E-state index in [9.17, 15) is 13.2 Å². The van der Waals surface area contributed by atoms with Crippen LogP contribution in [0.1, 0.15) is 16.8 Å². The van der Waals surface area contributed by atoms with Crippen molar-refractivity contribution in [2.24, 2.45) is 4.99 Å². The Morgan fingerprint density at radius 2 is 1.65 bits per heavy atom. The number of pyridine rings is 1. The van der Waals surface area contributed by atoms with E-state index in [1.165, 1.54) is 0 Å². The van der Waals surface area contributed by atoms with Gasteiger partial charge in [0.25, 0.3) is 0 Å². The van der Waals surface area contributed by atoms with E-state index in [1.54, 1.807) is 25.4 Å². The molecule has 0 saturated heterocycles. The molecule has 0 unspecified atom stereocenters. The number of fused-ring (bicyclic) bond motifs is 1. The van der Waals surface area contributed by atoms with Crippen LogP contribution in [0.15, 0.2) is 65.8 Å². The first-order valence-corrected chi connectivity index (χ1v) is 9.44. The third-order valence-corrected chi connectivity index (χ3v) is 4.42. The van der Waals surface area contributed by atoms with E-state index in [0.717, 1.165) is 22.0 Å². The van der Waals surface area contributed by atoms with Gasteiger partial charge >= 0.3 is 6.18 Å². The van der Waals surface area contributed by atoms with Gasteiger partial charge in [-0.15, -0.1) is 24.0 Å². The van der Waals surface area contributed by atoms with Crippen LogP contribution in [-0.4, -0.2) is 30.8 Å². The summed E-state index contributed by atoms with van der Waals surface area (Å²) in [7, 11) is 1.69. The van der Waals surface area contributed by atoms with Gasteiger partial charge in [-0.25, -0.2) is 0 Å². The van der Waals surface area contributed by atoms with E-state index in [1.807, 2.05) is 42.5 Å². The lowest BCUT2D eigenvalue weighted by Gasteiger charge is -2.13. The predicted octanol–water partition coefficient (Wildman–Crippen LogP) is 4.80. The highest BCUT2D eigenvalue weighted by Gasteiger charge is 2.27. The Kier molecular flexibility index (Phi) is 9.50. The summed E-state index contributed by atoms with van der Waals surface area (Å²) in [6.45, 7) is -0.277. The number of rotatable bonds is 7. The van der Waals surface area contributed by atoms with Crippen LogP contribution in [0, 0.1) is 0 Å². The first-order valence-electron chi connectivity index (χ1n) is 9.44.